The van der Waals surface area contributed by atoms with Gasteiger partial charge >= 0.3 is 12.1 Å². The highest BCUT2D eigenvalue weighted by atomic mass is 32.1. The molecule has 144 valence electrons. The number of anilines is 1. The molecule has 0 fully saturated rings. The molecule has 0 aliphatic carbocycles. The molecule has 0 atom stereocenters. The summed E-state index contributed by atoms with van der Waals surface area (Å²) in [6.45, 7) is 4.07. The number of H-pyrrole nitrogens is 1. The number of esters is 1. The minimum absolute atomic E-state index is 0.0872. The molecule has 0 amide bonds. The smallest absolute Gasteiger partial charge is 0.418 e. The monoisotopic (exact) mass is 398 g/mol. The number of aromatic nitrogens is 3. The van der Waals surface area contributed by atoms with Gasteiger partial charge in [0.25, 0.3) is 0 Å². The second-order valence-corrected chi connectivity index (χ2v) is 6.56. The Morgan fingerprint density at radius 1 is 1.37 bits per heavy atom. The Kier molecular flexibility index (Phi) is 5.36. The van der Waals surface area contributed by atoms with Gasteiger partial charge in [-0.15, -0.1) is 5.10 Å². The first-order valence-electron chi connectivity index (χ1n) is 8.23. The van der Waals surface area contributed by atoms with Crippen molar-refractivity contribution in [3.05, 3.63) is 40.7 Å². The number of nitrogens with one attached hydrogen (secondary N) is 2. The van der Waals surface area contributed by atoms with E-state index in [2.05, 4.69) is 19.9 Å². The van der Waals surface area contributed by atoms with Crippen LogP contribution in [0.2, 0.25) is 0 Å². The van der Waals surface area contributed by atoms with Crippen molar-refractivity contribution < 1.29 is 22.7 Å². The standard InChI is InChI=1S/C17H17F3N4O2S/c1-3-26-16(25)14-15(27-24-23-14)21-8-7-10-9(2)22-13-11(10)5-4-6-12(13)17(18,19)20/h4-6,21-22H,3,7-8H2,1-2H3. The van der Waals surface area contributed by atoms with Crippen LogP contribution in [-0.4, -0.2) is 33.7 Å². The fourth-order valence-electron chi connectivity index (χ4n) is 2.90. The van der Waals surface area contributed by atoms with Crippen LogP contribution >= 0.6 is 11.5 Å². The van der Waals surface area contributed by atoms with Crippen molar-refractivity contribution in [2.24, 2.45) is 0 Å². The predicted octanol–water partition coefficient (Wildman–Crippen LogP) is 4.18. The van der Waals surface area contributed by atoms with Gasteiger partial charge in [-0.1, -0.05) is 16.6 Å². The second-order valence-electron chi connectivity index (χ2n) is 5.80. The van der Waals surface area contributed by atoms with Crippen LogP contribution in [0.1, 0.15) is 34.2 Å². The summed E-state index contributed by atoms with van der Waals surface area (Å²) in [5.74, 6) is -0.563. The Bertz CT molecular complexity index is 965. The van der Waals surface area contributed by atoms with Gasteiger partial charge in [-0.3, -0.25) is 0 Å². The predicted molar refractivity (Wildman–Crippen MR) is 96.1 cm³/mol. The molecule has 0 aliphatic rings. The Hall–Kier alpha value is -2.62. The zero-order valence-electron chi connectivity index (χ0n) is 14.6. The van der Waals surface area contributed by atoms with Crippen molar-refractivity contribution in [3.8, 4) is 0 Å². The van der Waals surface area contributed by atoms with Gasteiger partial charge in [0.1, 0.15) is 5.00 Å². The molecular weight excluding hydrogens is 381 g/mol. The van der Waals surface area contributed by atoms with Gasteiger partial charge in [0.15, 0.2) is 0 Å². The van der Waals surface area contributed by atoms with Gasteiger partial charge in [0.05, 0.1) is 17.7 Å². The van der Waals surface area contributed by atoms with E-state index in [9.17, 15) is 18.0 Å². The van der Waals surface area contributed by atoms with Gasteiger partial charge in [0.2, 0.25) is 5.69 Å². The summed E-state index contributed by atoms with van der Waals surface area (Å²) in [7, 11) is 0. The van der Waals surface area contributed by atoms with Gasteiger partial charge in [-0.2, -0.15) is 13.2 Å². The summed E-state index contributed by atoms with van der Waals surface area (Å²) in [5.41, 5.74) is 0.981. The summed E-state index contributed by atoms with van der Waals surface area (Å²) in [4.78, 5) is 14.7. The number of nitrogens with zero attached hydrogens (tertiary/aromatic N) is 2. The maximum Gasteiger partial charge on any atom is 0.418 e. The maximum atomic E-state index is 13.2. The maximum absolute atomic E-state index is 13.2. The number of fused-ring (bicyclic) bond motifs is 1. The van der Waals surface area contributed by atoms with Crippen LogP contribution in [0.25, 0.3) is 10.9 Å². The molecule has 3 rings (SSSR count). The highest BCUT2D eigenvalue weighted by molar-refractivity contribution is 7.10. The van der Waals surface area contributed by atoms with Gasteiger partial charge in [0, 0.05) is 29.2 Å². The molecule has 0 radical (unpaired) electrons. The Morgan fingerprint density at radius 2 is 2.15 bits per heavy atom. The lowest BCUT2D eigenvalue weighted by molar-refractivity contribution is -0.136. The summed E-state index contributed by atoms with van der Waals surface area (Å²) in [6.07, 6.45) is -3.96. The summed E-state index contributed by atoms with van der Waals surface area (Å²) >= 11 is 1.02. The Balaban J connectivity index is 1.78. The van der Waals surface area contributed by atoms with Gasteiger partial charge in [-0.25, -0.2) is 4.79 Å². The minimum atomic E-state index is -4.42. The van der Waals surface area contributed by atoms with E-state index in [0.29, 0.717) is 29.0 Å². The molecule has 27 heavy (non-hydrogen) atoms. The molecule has 0 saturated carbocycles. The fourth-order valence-corrected chi connectivity index (χ4v) is 3.48. The number of aryl methyl sites for hydroxylation is 1. The van der Waals surface area contributed by atoms with Crippen LogP contribution in [0, 0.1) is 6.92 Å². The van der Waals surface area contributed by atoms with Crippen LogP contribution in [0.3, 0.4) is 0 Å². The minimum Gasteiger partial charge on any atom is -0.461 e. The van der Waals surface area contributed by atoms with Crippen LogP contribution in [0.5, 0.6) is 0 Å². The van der Waals surface area contributed by atoms with E-state index in [-0.39, 0.29) is 17.8 Å². The van der Waals surface area contributed by atoms with Crippen LogP contribution in [0.15, 0.2) is 18.2 Å². The van der Waals surface area contributed by atoms with Crippen LogP contribution in [-0.2, 0) is 17.3 Å². The first kappa shape index (κ1) is 19.2. The lowest BCUT2D eigenvalue weighted by Gasteiger charge is -2.08. The third-order valence-electron chi connectivity index (χ3n) is 4.08. The first-order chi connectivity index (χ1) is 12.8. The zero-order chi connectivity index (χ0) is 19.6. The molecule has 0 unspecified atom stereocenters. The molecule has 0 aliphatic heterocycles. The number of rotatable bonds is 6. The molecule has 2 heterocycles. The number of aromatic amines is 1. The van der Waals surface area contributed by atoms with E-state index in [1.165, 1.54) is 6.07 Å². The molecule has 2 N–H and O–H groups in total. The molecular formula is C17H17F3N4O2S. The quantitative estimate of drug-likeness (QED) is 0.609. The first-order valence-corrected chi connectivity index (χ1v) is 9.01. The number of para-hydroxylation sites is 1. The van der Waals surface area contributed by atoms with Crippen molar-refractivity contribution in [3.63, 3.8) is 0 Å². The third-order valence-corrected chi connectivity index (χ3v) is 4.76. The summed E-state index contributed by atoms with van der Waals surface area (Å²) < 4.78 is 48.2. The zero-order valence-corrected chi connectivity index (χ0v) is 15.4. The summed E-state index contributed by atoms with van der Waals surface area (Å²) in [5, 5.41) is 7.83. The fraction of sp³-hybridized carbons (Fsp3) is 0.353. The lowest BCUT2D eigenvalue weighted by atomic mass is 10.0. The SMILES string of the molecule is CCOC(=O)c1nnsc1NCCc1c(C)[nH]c2c(C(F)(F)F)cccc12. The molecule has 1 aromatic carbocycles. The van der Waals surface area contributed by atoms with Gasteiger partial charge < -0.3 is 15.0 Å². The van der Waals surface area contributed by atoms with Crippen LogP contribution < -0.4 is 5.32 Å². The topological polar surface area (TPSA) is 79.9 Å². The van der Waals surface area contributed by atoms with Crippen molar-refractivity contribution in [2.45, 2.75) is 26.4 Å². The molecule has 0 spiro atoms. The van der Waals surface area contributed by atoms with E-state index >= 15 is 0 Å². The number of alkyl halides is 3. The molecule has 0 saturated heterocycles. The van der Waals surface area contributed by atoms with Crippen molar-refractivity contribution >= 4 is 33.4 Å². The highest BCUT2D eigenvalue weighted by Gasteiger charge is 2.33. The number of carbonyl (C=O) groups excluding carboxylic acids is 1. The second kappa shape index (κ2) is 7.55. The van der Waals surface area contributed by atoms with E-state index < -0.39 is 17.7 Å². The molecule has 6 nitrogen and oxygen atoms in total. The third kappa shape index (κ3) is 3.90. The summed E-state index contributed by atoms with van der Waals surface area (Å²) in [6, 6.07) is 4.14. The number of ether oxygens (including phenoxy) is 1. The largest absolute Gasteiger partial charge is 0.461 e. The number of carbonyl (C=O) groups is 1. The number of benzene rings is 1. The lowest BCUT2D eigenvalue weighted by Crippen LogP contribution is -2.11. The van der Waals surface area contributed by atoms with E-state index in [1.807, 2.05) is 0 Å². The number of halogens is 3. The van der Waals surface area contributed by atoms with Crippen LogP contribution in [0.4, 0.5) is 18.2 Å². The van der Waals surface area contributed by atoms with Crippen molar-refractivity contribution in [1.82, 2.24) is 14.6 Å². The average molecular weight is 398 g/mol. The molecule has 0 bridgehead atoms. The number of hydrogen-bond acceptors (Lipinski definition) is 6. The molecule has 2 aromatic heterocycles. The van der Waals surface area contributed by atoms with E-state index in [1.54, 1.807) is 19.9 Å². The number of hydrogen-bond donors (Lipinski definition) is 2. The highest BCUT2D eigenvalue weighted by Crippen LogP contribution is 2.36. The Labute approximate surface area is 156 Å². The van der Waals surface area contributed by atoms with E-state index in [4.69, 9.17) is 4.74 Å². The van der Waals surface area contributed by atoms with Crippen molar-refractivity contribution in [2.75, 3.05) is 18.5 Å². The Morgan fingerprint density at radius 3 is 2.85 bits per heavy atom. The van der Waals surface area contributed by atoms with Crippen molar-refractivity contribution in [1.29, 1.82) is 0 Å². The average Bonchev–Trinajstić information content (AvgIpc) is 3.18. The molecule has 10 heteroatoms. The molecule has 3 aromatic rings. The van der Waals surface area contributed by atoms with E-state index in [0.717, 1.165) is 23.2 Å². The van der Waals surface area contributed by atoms with Gasteiger partial charge in [-0.05, 0) is 31.9 Å². The normalized spacial score (nSPS) is 11.7.